The zero-order valence-electron chi connectivity index (χ0n) is 15.2. The van der Waals surface area contributed by atoms with Crippen molar-refractivity contribution in [2.45, 2.75) is 24.4 Å². The molecule has 1 aromatic heterocycles. The fourth-order valence-electron chi connectivity index (χ4n) is 2.63. The van der Waals surface area contributed by atoms with Crippen LogP contribution in [-0.4, -0.2) is 39.7 Å². The summed E-state index contributed by atoms with van der Waals surface area (Å²) >= 11 is 1.65. The average Bonchev–Trinajstić information content (AvgIpc) is 3.09. The minimum Gasteiger partial charge on any atom is -0.345 e. The van der Waals surface area contributed by atoms with Crippen molar-refractivity contribution in [2.75, 3.05) is 14.1 Å². The van der Waals surface area contributed by atoms with E-state index in [0.717, 1.165) is 34.4 Å². The van der Waals surface area contributed by atoms with Gasteiger partial charge >= 0.3 is 0 Å². The van der Waals surface area contributed by atoms with E-state index in [0.29, 0.717) is 5.56 Å². The lowest BCUT2D eigenvalue weighted by Crippen LogP contribution is -2.21. The zero-order valence-corrected chi connectivity index (χ0v) is 16.0. The van der Waals surface area contributed by atoms with Gasteiger partial charge in [0.05, 0.1) is 0 Å². The normalized spacial score (nSPS) is 10.7. The Morgan fingerprint density at radius 2 is 1.73 bits per heavy atom. The highest BCUT2D eigenvalue weighted by atomic mass is 32.2. The molecule has 5 nitrogen and oxygen atoms in total. The molecule has 0 radical (unpaired) electrons. The van der Waals surface area contributed by atoms with Gasteiger partial charge in [0.15, 0.2) is 11.0 Å². The summed E-state index contributed by atoms with van der Waals surface area (Å²) in [6.45, 7) is 2.91. The maximum absolute atomic E-state index is 12.0. The maximum atomic E-state index is 12.0. The second-order valence-corrected chi connectivity index (χ2v) is 7.04. The Kier molecular flexibility index (Phi) is 5.73. The third kappa shape index (κ3) is 3.96. The van der Waals surface area contributed by atoms with Crippen molar-refractivity contribution in [2.24, 2.45) is 0 Å². The van der Waals surface area contributed by atoms with Crippen molar-refractivity contribution in [3.8, 4) is 11.4 Å². The molecule has 26 heavy (non-hydrogen) atoms. The van der Waals surface area contributed by atoms with Crippen molar-refractivity contribution < 1.29 is 4.79 Å². The van der Waals surface area contributed by atoms with Crippen molar-refractivity contribution in [1.82, 2.24) is 19.7 Å². The van der Waals surface area contributed by atoms with E-state index >= 15 is 0 Å². The van der Waals surface area contributed by atoms with Crippen LogP contribution >= 0.6 is 11.8 Å². The van der Waals surface area contributed by atoms with Crippen molar-refractivity contribution >= 4 is 17.7 Å². The molecular weight excluding hydrogens is 344 g/mol. The van der Waals surface area contributed by atoms with Gasteiger partial charge in [0.25, 0.3) is 5.91 Å². The number of rotatable bonds is 6. The standard InChI is InChI=1S/C20H22N4OS/c1-4-24-18(16-8-6-5-7-9-16)21-22-20(24)26-14-15-10-12-17(13-11-15)19(25)23(2)3/h5-13H,4,14H2,1-3H3. The van der Waals surface area contributed by atoms with Crippen LogP contribution in [0, 0.1) is 0 Å². The van der Waals surface area contributed by atoms with Crippen LogP contribution in [0.15, 0.2) is 59.8 Å². The van der Waals surface area contributed by atoms with Gasteiger partial charge < -0.3 is 9.47 Å². The van der Waals surface area contributed by atoms with Gasteiger partial charge in [-0.1, -0.05) is 54.2 Å². The average molecular weight is 366 g/mol. The molecule has 0 fully saturated rings. The number of carbonyl (C=O) groups excluding carboxylic acids is 1. The summed E-state index contributed by atoms with van der Waals surface area (Å²) in [5.74, 6) is 1.69. The van der Waals surface area contributed by atoms with Gasteiger partial charge in [-0.25, -0.2) is 0 Å². The highest BCUT2D eigenvalue weighted by Gasteiger charge is 2.13. The quantitative estimate of drug-likeness (QED) is 0.620. The van der Waals surface area contributed by atoms with Crippen molar-refractivity contribution in [1.29, 1.82) is 0 Å². The first-order valence-corrected chi connectivity index (χ1v) is 9.50. The first-order valence-electron chi connectivity index (χ1n) is 8.52. The fraction of sp³-hybridized carbons (Fsp3) is 0.250. The number of benzene rings is 2. The van der Waals surface area contributed by atoms with Crippen LogP contribution in [0.3, 0.4) is 0 Å². The zero-order chi connectivity index (χ0) is 18.5. The first kappa shape index (κ1) is 18.2. The lowest BCUT2D eigenvalue weighted by Gasteiger charge is -2.10. The molecule has 0 saturated heterocycles. The smallest absolute Gasteiger partial charge is 0.253 e. The molecule has 0 unspecified atom stereocenters. The molecule has 0 aliphatic heterocycles. The van der Waals surface area contributed by atoms with Crippen LogP contribution in [0.2, 0.25) is 0 Å². The van der Waals surface area contributed by atoms with Gasteiger partial charge in [-0.05, 0) is 24.6 Å². The summed E-state index contributed by atoms with van der Waals surface area (Å²) in [5, 5.41) is 9.63. The number of nitrogens with zero attached hydrogens (tertiary/aromatic N) is 4. The summed E-state index contributed by atoms with van der Waals surface area (Å²) in [5.41, 5.74) is 2.92. The molecule has 0 atom stereocenters. The number of hydrogen-bond donors (Lipinski definition) is 0. The van der Waals surface area contributed by atoms with Gasteiger partial charge in [0, 0.05) is 37.5 Å². The summed E-state index contributed by atoms with van der Waals surface area (Å²) in [6, 6.07) is 17.8. The van der Waals surface area contributed by atoms with E-state index in [1.165, 1.54) is 0 Å². The van der Waals surface area contributed by atoms with Gasteiger partial charge in [0.1, 0.15) is 0 Å². The predicted octanol–water partition coefficient (Wildman–Crippen LogP) is 3.96. The molecule has 2 aromatic carbocycles. The van der Waals surface area contributed by atoms with E-state index in [1.54, 1.807) is 30.8 Å². The van der Waals surface area contributed by atoms with Crippen LogP contribution < -0.4 is 0 Å². The molecule has 134 valence electrons. The van der Waals surface area contributed by atoms with Gasteiger partial charge in [0.2, 0.25) is 0 Å². The Balaban J connectivity index is 1.72. The molecule has 0 saturated carbocycles. The molecule has 3 rings (SSSR count). The molecule has 1 amide bonds. The minimum absolute atomic E-state index is 0.0161. The van der Waals surface area contributed by atoms with E-state index in [4.69, 9.17) is 0 Å². The Bertz CT molecular complexity index is 873. The molecule has 0 N–H and O–H groups in total. The summed E-state index contributed by atoms with van der Waals surface area (Å²) in [4.78, 5) is 13.5. The lowest BCUT2D eigenvalue weighted by molar-refractivity contribution is 0.0827. The Labute approximate surface area is 158 Å². The van der Waals surface area contributed by atoms with E-state index in [2.05, 4.69) is 21.7 Å². The number of amides is 1. The molecule has 3 aromatic rings. The molecule has 0 spiro atoms. The summed E-state index contributed by atoms with van der Waals surface area (Å²) < 4.78 is 2.13. The number of thioether (sulfide) groups is 1. The van der Waals surface area contributed by atoms with Crippen LogP contribution in [0.4, 0.5) is 0 Å². The highest BCUT2D eigenvalue weighted by molar-refractivity contribution is 7.98. The van der Waals surface area contributed by atoms with E-state index in [-0.39, 0.29) is 5.91 Å². The molecule has 1 heterocycles. The Hall–Kier alpha value is -2.60. The third-order valence-corrected chi connectivity index (χ3v) is 5.08. The van der Waals surface area contributed by atoms with Crippen LogP contribution in [-0.2, 0) is 12.3 Å². The highest BCUT2D eigenvalue weighted by Crippen LogP contribution is 2.26. The summed E-state index contributed by atoms with van der Waals surface area (Å²) in [7, 11) is 3.52. The van der Waals surface area contributed by atoms with E-state index in [9.17, 15) is 4.79 Å². The molecular formula is C20H22N4OS. The Morgan fingerprint density at radius 1 is 1.04 bits per heavy atom. The van der Waals surface area contributed by atoms with Crippen molar-refractivity contribution in [3.05, 3.63) is 65.7 Å². The fourth-order valence-corrected chi connectivity index (χ4v) is 3.59. The molecule has 0 aliphatic carbocycles. The monoisotopic (exact) mass is 366 g/mol. The number of carbonyl (C=O) groups is 1. The second kappa shape index (κ2) is 8.19. The number of hydrogen-bond acceptors (Lipinski definition) is 4. The van der Waals surface area contributed by atoms with Gasteiger partial charge in [-0.15, -0.1) is 10.2 Å². The van der Waals surface area contributed by atoms with Crippen molar-refractivity contribution in [3.63, 3.8) is 0 Å². The molecule has 0 aliphatic rings. The SMILES string of the molecule is CCn1c(SCc2ccc(C(=O)N(C)C)cc2)nnc1-c1ccccc1. The Morgan fingerprint density at radius 3 is 2.35 bits per heavy atom. The largest absolute Gasteiger partial charge is 0.345 e. The molecule has 6 heteroatoms. The lowest BCUT2D eigenvalue weighted by atomic mass is 10.1. The second-order valence-electron chi connectivity index (χ2n) is 6.10. The number of aromatic nitrogens is 3. The van der Waals surface area contributed by atoms with Crippen LogP contribution in [0.5, 0.6) is 0 Å². The van der Waals surface area contributed by atoms with Gasteiger partial charge in [-0.2, -0.15) is 0 Å². The van der Waals surface area contributed by atoms with Gasteiger partial charge in [-0.3, -0.25) is 4.79 Å². The maximum Gasteiger partial charge on any atom is 0.253 e. The van der Waals surface area contributed by atoms with E-state index < -0.39 is 0 Å². The molecule has 0 bridgehead atoms. The first-order chi connectivity index (χ1) is 12.6. The van der Waals surface area contributed by atoms with E-state index in [1.807, 2.05) is 54.6 Å². The van der Waals surface area contributed by atoms with Crippen LogP contribution in [0.1, 0.15) is 22.8 Å². The van der Waals surface area contributed by atoms with Crippen LogP contribution in [0.25, 0.3) is 11.4 Å². The summed E-state index contributed by atoms with van der Waals surface area (Å²) in [6.07, 6.45) is 0. The predicted molar refractivity (Wildman–Crippen MR) is 105 cm³/mol. The topological polar surface area (TPSA) is 51.0 Å². The minimum atomic E-state index is 0.0161. The third-order valence-electron chi connectivity index (χ3n) is 4.04.